The van der Waals surface area contributed by atoms with Gasteiger partial charge in [0.1, 0.15) is 6.33 Å². The van der Waals surface area contributed by atoms with E-state index in [1.165, 1.54) is 21.4 Å². The van der Waals surface area contributed by atoms with Crippen LogP contribution in [0.1, 0.15) is 5.56 Å². The van der Waals surface area contributed by atoms with E-state index in [-0.39, 0.29) is 0 Å². The van der Waals surface area contributed by atoms with E-state index in [1.807, 2.05) is 6.20 Å². The number of hydrogen-bond donors (Lipinski definition) is 2. The molecule has 0 spiro atoms. The molecule has 0 atom stereocenters. The van der Waals surface area contributed by atoms with Gasteiger partial charge in [0.25, 0.3) is 0 Å². The third kappa shape index (κ3) is 3.60. The Labute approximate surface area is 173 Å². The number of aromatic nitrogens is 3. The van der Waals surface area contributed by atoms with Crippen molar-refractivity contribution < 1.29 is 0 Å². The third-order valence-electron chi connectivity index (χ3n) is 4.86. The monoisotopic (exact) mass is 399 g/mol. The minimum Gasteiger partial charge on any atom is -0.361 e. The molecule has 0 saturated carbocycles. The zero-order chi connectivity index (χ0) is 19.8. The molecule has 5 aromatic rings. The fourth-order valence-corrected chi connectivity index (χ4v) is 4.55. The van der Waals surface area contributed by atoms with Crippen LogP contribution in [-0.4, -0.2) is 33.9 Å². The van der Waals surface area contributed by atoms with Crippen LogP contribution in [0.3, 0.4) is 0 Å². The molecule has 144 valence electrons. The van der Waals surface area contributed by atoms with Gasteiger partial charge in [0, 0.05) is 34.2 Å². The topological polar surface area (TPSA) is 56.8 Å². The number of H-pyrrole nitrogens is 1. The molecule has 0 saturated heterocycles. The number of rotatable bonds is 5. The molecule has 29 heavy (non-hydrogen) atoms. The molecule has 3 aromatic heterocycles. The van der Waals surface area contributed by atoms with E-state index in [2.05, 4.69) is 93.9 Å². The number of fused-ring (bicyclic) bond motifs is 2. The Bertz CT molecular complexity index is 1280. The van der Waals surface area contributed by atoms with E-state index in [4.69, 9.17) is 0 Å². The van der Waals surface area contributed by atoms with E-state index >= 15 is 0 Å². The van der Waals surface area contributed by atoms with Gasteiger partial charge in [-0.25, -0.2) is 9.97 Å². The average molecular weight is 400 g/mol. The average Bonchev–Trinajstić information content (AvgIpc) is 3.35. The Hall–Kier alpha value is -3.22. The van der Waals surface area contributed by atoms with Gasteiger partial charge in [-0.15, -0.1) is 11.3 Å². The molecule has 0 bridgehead atoms. The molecular formula is C23H21N5S. The van der Waals surface area contributed by atoms with Crippen molar-refractivity contribution in [1.82, 2.24) is 19.9 Å². The summed E-state index contributed by atoms with van der Waals surface area (Å²) in [5, 5.41) is 4.64. The van der Waals surface area contributed by atoms with E-state index in [0.717, 1.165) is 33.8 Å². The van der Waals surface area contributed by atoms with Crippen LogP contribution in [0, 0.1) is 0 Å². The molecule has 3 heterocycles. The highest BCUT2D eigenvalue weighted by atomic mass is 32.1. The summed E-state index contributed by atoms with van der Waals surface area (Å²) in [4.78, 5) is 15.6. The maximum absolute atomic E-state index is 4.50. The first kappa shape index (κ1) is 17.8. The lowest BCUT2D eigenvalue weighted by molar-refractivity contribution is 0.402. The van der Waals surface area contributed by atoms with Gasteiger partial charge in [0.2, 0.25) is 0 Å². The maximum atomic E-state index is 4.50. The molecule has 0 aliphatic heterocycles. The van der Waals surface area contributed by atoms with Crippen molar-refractivity contribution in [3.8, 4) is 10.4 Å². The molecule has 5 nitrogen and oxygen atoms in total. The first-order valence-corrected chi connectivity index (χ1v) is 10.3. The summed E-state index contributed by atoms with van der Waals surface area (Å²) >= 11 is 1.72. The van der Waals surface area contributed by atoms with Gasteiger partial charge in [-0.05, 0) is 55.6 Å². The molecule has 0 aliphatic carbocycles. The molecule has 0 unspecified atom stereocenters. The maximum Gasteiger partial charge on any atom is 0.151 e. The lowest BCUT2D eigenvalue weighted by atomic mass is 10.1. The third-order valence-corrected chi connectivity index (χ3v) is 6.04. The molecule has 2 aromatic carbocycles. The summed E-state index contributed by atoms with van der Waals surface area (Å²) in [6.45, 7) is 0.942. The summed E-state index contributed by atoms with van der Waals surface area (Å²) in [5.41, 5.74) is 5.61. The predicted molar refractivity (Wildman–Crippen MR) is 122 cm³/mol. The summed E-state index contributed by atoms with van der Waals surface area (Å²) in [6.07, 6.45) is 3.57. The summed E-state index contributed by atoms with van der Waals surface area (Å²) in [6, 6.07) is 19.2. The zero-order valence-electron chi connectivity index (χ0n) is 16.3. The van der Waals surface area contributed by atoms with Crippen LogP contribution in [0.5, 0.6) is 0 Å². The standard InChI is InChI=1S/C23H21N5S/c1-28(2)13-15-3-5-16(6-4-15)21-12-20-22(29-21)23(26-14-25-20)27-18-7-8-19-17(11-18)9-10-24-19/h3-12,14,24H,13H2,1-2H3,(H,25,26,27). The van der Waals surface area contributed by atoms with Crippen molar-refractivity contribution in [2.45, 2.75) is 6.54 Å². The van der Waals surface area contributed by atoms with Gasteiger partial charge in [-0.2, -0.15) is 0 Å². The van der Waals surface area contributed by atoms with E-state index < -0.39 is 0 Å². The Morgan fingerprint density at radius 3 is 2.69 bits per heavy atom. The number of aromatic amines is 1. The summed E-state index contributed by atoms with van der Waals surface area (Å²) in [5.74, 6) is 0.838. The molecule has 0 amide bonds. The van der Waals surface area contributed by atoms with Crippen LogP contribution in [-0.2, 0) is 6.54 Å². The van der Waals surface area contributed by atoms with Crippen molar-refractivity contribution in [2.75, 3.05) is 19.4 Å². The van der Waals surface area contributed by atoms with Crippen molar-refractivity contribution >= 4 is 44.0 Å². The predicted octanol–water partition coefficient (Wildman–Crippen LogP) is 5.64. The van der Waals surface area contributed by atoms with Gasteiger partial charge < -0.3 is 15.2 Å². The molecular weight excluding hydrogens is 378 g/mol. The minimum absolute atomic E-state index is 0.838. The second kappa shape index (κ2) is 7.31. The Balaban J connectivity index is 1.47. The van der Waals surface area contributed by atoms with E-state index in [9.17, 15) is 0 Å². The SMILES string of the molecule is CN(C)Cc1ccc(-c2cc3ncnc(Nc4ccc5[nH]ccc5c4)c3s2)cc1. The van der Waals surface area contributed by atoms with Gasteiger partial charge in [0.15, 0.2) is 5.82 Å². The second-order valence-corrected chi connectivity index (χ2v) is 8.44. The molecule has 0 fully saturated rings. The van der Waals surface area contributed by atoms with Crippen molar-refractivity contribution in [3.05, 3.63) is 72.7 Å². The molecule has 6 heteroatoms. The van der Waals surface area contributed by atoms with Crippen LogP contribution in [0.4, 0.5) is 11.5 Å². The number of hydrogen-bond acceptors (Lipinski definition) is 5. The van der Waals surface area contributed by atoms with Crippen LogP contribution >= 0.6 is 11.3 Å². The largest absolute Gasteiger partial charge is 0.361 e. The number of nitrogens with zero attached hydrogens (tertiary/aromatic N) is 3. The lowest BCUT2D eigenvalue weighted by Crippen LogP contribution is -2.10. The van der Waals surface area contributed by atoms with Gasteiger partial charge >= 0.3 is 0 Å². The zero-order valence-corrected chi connectivity index (χ0v) is 17.1. The highest BCUT2D eigenvalue weighted by Crippen LogP contribution is 2.36. The van der Waals surface area contributed by atoms with Crippen LogP contribution in [0.25, 0.3) is 31.6 Å². The number of anilines is 2. The Kier molecular flexibility index (Phi) is 4.50. The first-order chi connectivity index (χ1) is 14.2. The molecule has 0 radical (unpaired) electrons. The highest BCUT2D eigenvalue weighted by Gasteiger charge is 2.11. The van der Waals surface area contributed by atoms with Gasteiger partial charge in [-0.3, -0.25) is 0 Å². The van der Waals surface area contributed by atoms with Crippen molar-refractivity contribution in [2.24, 2.45) is 0 Å². The Morgan fingerprint density at radius 1 is 1.00 bits per heavy atom. The highest BCUT2D eigenvalue weighted by molar-refractivity contribution is 7.22. The van der Waals surface area contributed by atoms with Gasteiger partial charge in [0.05, 0.1) is 10.2 Å². The van der Waals surface area contributed by atoms with Crippen molar-refractivity contribution in [3.63, 3.8) is 0 Å². The van der Waals surface area contributed by atoms with E-state index in [0.29, 0.717) is 0 Å². The van der Waals surface area contributed by atoms with E-state index in [1.54, 1.807) is 17.7 Å². The van der Waals surface area contributed by atoms with Crippen molar-refractivity contribution in [1.29, 1.82) is 0 Å². The molecule has 2 N–H and O–H groups in total. The van der Waals surface area contributed by atoms with Crippen LogP contribution in [0.15, 0.2) is 67.1 Å². The van der Waals surface area contributed by atoms with Crippen LogP contribution < -0.4 is 5.32 Å². The number of thiophene rings is 1. The van der Waals surface area contributed by atoms with Gasteiger partial charge in [-0.1, -0.05) is 24.3 Å². The number of nitrogens with one attached hydrogen (secondary N) is 2. The fraction of sp³-hybridized carbons (Fsp3) is 0.130. The second-order valence-electron chi connectivity index (χ2n) is 7.39. The normalized spacial score (nSPS) is 11.6. The molecule has 5 rings (SSSR count). The fourth-order valence-electron chi connectivity index (χ4n) is 3.49. The number of benzene rings is 2. The molecule has 0 aliphatic rings. The minimum atomic E-state index is 0.838. The first-order valence-electron chi connectivity index (χ1n) is 9.48. The summed E-state index contributed by atoms with van der Waals surface area (Å²) < 4.78 is 1.06. The lowest BCUT2D eigenvalue weighted by Gasteiger charge is -2.09. The smallest absolute Gasteiger partial charge is 0.151 e. The summed E-state index contributed by atoms with van der Waals surface area (Å²) in [7, 11) is 4.17. The van der Waals surface area contributed by atoms with Crippen LogP contribution in [0.2, 0.25) is 0 Å². The quantitative estimate of drug-likeness (QED) is 0.401. The Morgan fingerprint density at radius 2 is 1.86 bits per heavy atom.